The van der Waals surface area contributed by atoms with Crippen LogP contribution in [-0.4, -0.2) is 32.5 Å². The number of aromatic amines is 2. The van der Waals surface area contributed by atoms with Crippen molar-refractivity contribution in [3.63, 3.8) is 0 Å². The largest absolute Gasteiger partial charge is 0.361 e. The predicted molar refractivity (Wildman–Crippen MR) is 139 cm³/mol. The molecule has 1 aliphatic carbocycles. The predicted octanol–water partition coefficient (Wildman–Crippen LogP) is 5.36. The van der Waals surface area contributed by atoms with Crippen molar-refractivity contribution in [1.29, 1.82) is 0 Å². The van der Waals surface area contributed by atoms with Gasteiger partial charge in [-0.2, -0.15) is 0 Å². The first-order valence-corrected chi connectivity index (χ1v) is 12.2. The van der Waals surface area contributed by atoms with Crippen LogP contribution in [0.2, 0.25) is 0 Å². The topological polar surface area (TPSA) is 84.2 Å². The monoisotopic (exact) mass is 468 g/mol. The van der Waals surface area contributed by atoms with E-state index in [2.05, 4.69) is 83.4 Å². The van der Waals surface area contributed by atoms with Gasteiger partial charge in [0.1, 0.15) is 0 Å². The summed E-state index contributed by atoms with van der Waals surface area (Å²) in [7, 11) is 0. The van der Waals surface area contributed by atoms with Gasteiger partial charge in [0.15, 0.2) is 0 Å². The molecule has 1 unspecified atom stereocenters. The molecule has 1 amide bonds. The molecule has 0 fully saturated rings. The standard InChI is InChI=1S/C29H32N4O2/c1-19-15-20(2)31-27(19)18-33(14-13-23-17-30-26-6-4-3-5-24(23)26)28-11-9-22-16-21(7-10-25(22)28)8-12-29(34)32-35/h3-8,10,12,15-17,28,30-31,35H,9,11,13-14,18H2,1-2H3,(H,32,34)/b12-8+. The summed E-state index contributed by atoms with van der Waals surface area (Å²) in [5, 5.41) is 10.0. The maximum Gasteiger partial charge on any atom is 0.267 e. The van der Waals surface area contributed by atoms with E-state index in [1.54, 1.807) is 11.6 Å². The lowest BCUT2D eigenvalue weighted by Crippen LogP contribution is -2.29. The number of nitrogens with zero attached hydrogens (tertiary/aromatic N) is 1. The minimum absolute atomic E-state index is 0.344. The number of carbonyl (C=O) groups is 1. The maximum absolute atomic E-state index is 11.4. The highest BCUT2D eigenvalue weighted by atomic mass is 16.5. The zero-order valence-electron chi connectivity index (χ0n) is 20.3. The highest BCUT2D eigenvalue weighted by Crippen LogP contribution is 2.37. The second kappa shape index (κ2) is 9.94. The number of carbonyl (C=O) groups excluding carboxylic acids is 1. The van der Waals surface area contributed by atoms with Gasteiger partial charge >= 0.3 is 0 Å². The third-order valence-electron chi connectivity index (χ3n) is 7.15. The molecule has 0 radical (unpaired) electrons. The van der Waals surface area contributed by atoms with Crippen molar-refractivity contribution >= 4 is 22.9 Å². The molecular weight excluding hydrogens is 436 g/mol. The maximum atomic E-state index is 11.4. The number of hydroxylamine groups is 1. The summed E-state index contributed by atoms with van der Waals surface area (Å²) in [6, 6.07) is 17.5. The number of hydrogen-bond acceptors (Lipinski definition) is 3. The molecule has 35 heavy (non-hydrogen) atoms. The Hall–Kier alpha value is -3.61. The van der Waals surface area contributed by atoms with Gasteiger partial charge in [0, 0.05) is 53.7 Å². The molecule has 6 heteroatoms. The van der Waals surface area contributed by atoms with Gasteiger partial charge in [0.2, 0.25) is 0 Å². The molecule has 2 heterocycles. The van der Waals surface area contributed by atoms with Crippen LogP contribution in [0.1, 0.15) is 51.7 Å². The summed E-state index contributed by atoms with van der Waals surface area (Å²) < 4.78 is 0. The number of rotatable bonds is 8. The number of aryl methyl sites for hydroxylation is 3. The number of nitrogens with one attached hydrogen (secondary N) is 3. The molecule has 0 bridgehead atoms. The molecule has 1 atom stereocenters. The lowest BCUT2D eigenvalue weighted by molar-refractivity contribution is -0.124. The van der Waals surface area contributed by atoms with Crippen molar-refractivity contribution < 1.29 is 10.0 Å². The summed E-state index contributed by atoms with van der Waals surface area (Å²) in [4.78, 5) is 21.0. The number of amides is 1. The molecule has 6 nitrogen and oxygen atoms in total. The van der Waals surface area contributed by atoms with Crippen molar-refractivity contribution in [3.05, 3.63) is 100 Å². The van der Waals surface area contributed by atoms with E-state index in [-0.39, 0.29) is 0 Å². The Morgan fingerprint density at radius 3 is 2.86 bits per heavy atom. The second-order valence-corrected chi connectivity index (χ2v) is 9.52. The Kier molecular flexibility index (Phi) is 6.57. The summed E-state index contributed by atoms with van der Waals surface area (Å²) >= 11 is 0. The van der Waals surface area contributed by atoms with Crippen molar-refractivity contribution in [2.45, 2.75) is 45.7 Å². The van der Waals surface area contributed by atoms with E-state index in [0.717, 1.165) is 37.9 Å². The van der Waals surface area contributed by atoms with Crippen LogP contribution in [0.5, 0.6) is 0 Å². The Balaban J connectivity index is 1.40. The Bertz CT molecular complexity index is 1380. The van der Waals surface area contributed by atoms with Crippen LogP contribution in [0.4, 0.5) is 0 Å². The van der Waals surface area contributed by atoms with Crippen molar-refractivity contribution in [2.75, 3.05) is 6.54 Å². The summed E-state index contributed by atoms with van der Waals surface area (Å²) in [5.41, 5.74) is 11.6. The average molecular weight is 469 g/mol. The fraction of sp³-hybridized carbons (Fsp3) is 0.276. The van der Waals surface area contributed by atoms with Gasteiger partial charge in [0.05, 0.1) is 0 Å². The van der Waals surface area contributed by atoms with Gasteiger partial charge in [0.25, 0.3) is 5.91 Å². The average Bonchev–Trinajstić information content (AvgIpc) is 3.56. The molecule has 1 aliphatic rings. The molecule has 5 rings (SSSR count). The Labute approximate surface area is 205 Å². The molecule has 0 aliphatic heterocycles. The Morgan fingerprint density at radius 1 is 1.20 bits per heavy atom. The van der Waals surface area contributed by atoms with Gasteiger partial charge < -0.3 is 9.97 Å². The number of fused-ring (bicyclic) bond motifs is 2. The number of aromatic nitrogens is 2. The van der Waals surface area contributed by atoms with Gasteiger partial charge in [-0.3, -0.25) is 14.9 Å². The first-order valence-electron chi connectivity index (χ1n) is 12.2. The lowest BCUT2D eigenvalue weighted by Gasteiger charge is -2.30. The zero-order chi connectivity index (χ0) is 24.4. The van der Waals surface area contributed by atoms with E-state index in [4.69, 9.17) is 5.21 Å². The van der Waals surface area contributed by atoms with Crippen LogP contribution in [0.25, 0.3) is 17.0 Å². The fourth-order valence-corrected chi connectivity index (χ4v) is 5.41. The van der Waals surface area contributed by atoms with Gasteiger partial charge in [-0.05, 0) is 79.1 Å². The van der Waals surface area contributed by atoms with Crippen LogP contribution in [-0.2, 0) is 24.2 Å². The molecule has 2 aromatic heterocycles. The van der Waals surface area contributed by atoms with E-state index in [1.165, 1.54) is 50.6 Å². The molecule has 0 spiro atoms. The molecule has 4 aromatic rings. The van der Waals surface area contributed by atoms with Crippen molar-refractivity contribution in [3.8, 4) is 0 Å². The highest BCUT2D eigenvalue weighted by molar-refractivity contribution is 5.90. The summed E-state index contributed by atoms with van der Waals surface area (Å²) in [6.45, 7) is 6.14. The van der Waals surface area contributed by atoms with E-state index in [9.17, 15) is 4.79 Å². The summed E-state index contributed by atoms with van der Waals surface area (Å²) in [5.74, 6) is -0.525. The van der Waals surface area contributed by atoms with E-state index < -0.39 is 5.91 Å². The summed E-state index contributed by atoms with van der Waals surface area (Å²) in [6.07, 6.45) is 8.30. The van der Waals surface area contributed by atoms with Gasteiger partial charge in [-0.1, -0.05) is 36.4 Å². The number of H-pyrrole nitrogens is 2. The molecule has 180 valence electrons. The number of para-hydroxylation sites is 1. The van der Waals surface area contributed by atoms with Crippen LogP contribution >= 0.6 is 0 Å². The van der Waals surface area contributed by atoms with Crippen molar-refractivity contribution in [1.82, 2.24) is 20.3 Å². The molecular formula is C29H32N4O2. The SMILES string of the molecule is Cc1cc(C)c(CN(CCc2c[nH]c3ccccc23)C2CCc3cc(/C=C/C(=O)NO)ccc32)[nH]1. The zero-order valence-corrected chi connectivity index (χ0v) is 20.3. The number of benzene rings is 2. The molecule has 0 saturated carbocycles. The lowest BCUT2D eigenvalue weighted by atomic mass is 10.0. The second-order valence-electron chi connectivity index (χ2n) is 9.52. The highest BCUT2D eigenvalue weighted by Gasteiger charge is 2.28. The van der Waals surface area contributed by atoms with Crippen LogP contribution in [0, 0.1) is 13.8 Å². The molecule has 0 saturated heterocycles. The molecule has 4 N–H and O–H groups in total. The third-order valence-corrected chi connectivity index (χ3v) is 7.15. The van der Waals surface area contributed by atoms with Crippen LogP contribution in [0.15, 0.2) is 60.8 Å². The van der Waals surface area contributed by atoms with Crippen LogP contribution < -0.4 is 5.48 Å². The normalized spacial score (nSPS) is 15.4. The molecule has 2 aromatic carbocycles. The van der Waals surface area contributed by atoms with E-state index in [0.29, 0.717) is 6.04 Å². The quantitative estimate of drug-likeness (QED) is 0.159. The van der Waals surface area contributed by atoms with Crippen LogP contribution in [0.3, 0.4) is 0 Å². The Morgan fingerprint density at radius 2 is 2.06 bits per heavy atom. The smallest absolute Gasteiger partial charge is 0.267 e. The minimum Gasteiger partial charge on any atom is -0.361 e. The minimum atomic E-state index is -0.525. The van der Waals surface area contributed by atoms with Crippen molar-refractivity contribution in [2.24, 2.45) is 0 Å². The van der Waals surface area contributed by atoms with E-state index in [1.807, 2.05) is 0 Å². The van der Waals surface area contributed by atoms with Gasteiger partial charge in [-0.15, -0.1) is 0 Å². The fourth-order valence-electron chi connectivity index (χ4n) is 5.41. The van der Waals surface area contributed by atoms with E-state index >= 15 is 0 Å². The first-order chi connectivity index (χ1) is 17.0. The number of hydrogen-bond donors (Lipinski definition) is 4. The van der Waals surface area contributed by atoms with Gasteiger partial charge in [-0.25, -0.2) is 5.48 Å². The first kappa shape index (κ1) is 23.1. The third kappa shape index (κ3) is 4.94.